The number of aryl methyl sites for hydroxylation is 1. The van der Waals surface area contributed by atoms with Gasteiger partial charge in [0.1, 0.15) is 49.1 Å². The number of nitrogens with zero attached hydrogens (tertiary/aromatic N) is 6. The fourth-order valence-corrected chi connectivity index (χ4v) is 19.7. The quantitative estimate of drug-likeness (QED) is 0.0100. The Morgan fingerprint density at radius 2 is 1.26 bits per heavy atom. The van der Waals surface area contributed by atoms with E-state index >= 15 is 0 Å². The van der Waals surface area contributed by atoms with E-state index in [9.17, 15) is 72.1 Å². The summed E-state index contributed by atoms with van der Waals surface area (Å²) in [5.74, 6) is -5.46. The lowest BCUT2D eigenvalue weighted by Gasteiger charge is -2.58. The molecule has 2 saturated carbocycles. The summed E-state index contributed by atoms with van der Waals surface area (Å²) < 4.78 is 128. The summed E-state index contributed by atoms with van der Waals surface area (Å²) >= 11 is 1.36. The van der Waals surface area contributed by atoms with Crippen LogP contribution in [0, 0.1) is 23.7 Å². The van der Waals surface area contributed by atoms with Gasteiger partial charge in [0.15, 0.2) is 16.9 Å². The molecular formula is C99H128N8O31S2. The van der Waals surface area contributed by atoms with E-state index in [4.69, 9.17) is 85.9 Å². The Bertz CT molecular complexity index is 5500. The molecule has 2 bridgehead atoms. The van der Waals surface area contributed by atoms with Crippen molar-refractivity contribution in [2.75, 3.05) is 190 Å². The molecule has 0 spiro atoms. The summed E-state index contributed by atoms with van der Waals surface area (Å²) in [6.45, 7) is 16.9. The van der Waals surface area contributed by atoms with Gasteiger partial charge in [-0.1, -0.05) is 92.8 Å². The number of hydrogen-bond acceptors (Lipinski definition) is 32. The predicted molar refractivity (Wildman–Crippen MR) is 511 cm³/mol. The summed E-state index contributed by atoms with van der Waals surface area (Å²) in [5, 5.41) is 65.8. The Labute approximate surface area is 816 Å². The molecule has 8 N–H and O–H groups in total. The Morgan fingerprint density at radius 3 is 1.86 bits per heavy atom. The number of benzene rings is 5. The number of carboxylic acids is 2. The molecule has 5 amide bonds. The van der Waals surface area contributed by atoms with E-state index in [0.717, 1.165) is 50.4 Å². The molecule has 5 unspecified atom stereocenters. The zero-order chi connectivity index (χ0) is 99.6. The maximum Gasteiger partial charge on any atom is 0.410 e. The number of ether oxygens (including phenoxy) is 16. The lowest BCUT2D eigenvalue weighted by atomic mass is 9.51. The molecule has 0 radical (unpaired) electrons. The summed E-state index contributed by atoms with van der Waals surface area (Å²) in [5.41, 5.74) is 3.39. The molecule has 762 valence electrons. The molecule has 5 heterocycles. The first kappa shape index (κ1) is 108. The molecule has 39 nitrogen and oxygen atoms in total. The number of nitrogens with one attached hydrogen (secondary N) is 2. The smallest absolute Gasteiger partial charge is 0.410 e. The number of fused-ring (bicyclic) bond motifs is 4. The fourth-order valence-electron chi connectivity index (χ4n) is 18.4. The third kappa shape index (κ3) is 32.3. The van der Waals surface area contributed by atoms with E-state index in [1.807, 2.05) is 60.1 Å². The van der Waals surface area contributed by atoms with Crippen molar-refractivity contribution in [2.24, 2.45) is 16.7 Å². The highest BCUT2D eigenvalue weighted by Gasteiger charge is 2.56. The number of aromatic nitrogens is 4. The number of hydrogen-bond donors (Lipinski definition) is 8. The van der Waals surface area contributed by atoms with Crippen molar-refractivity contribution in [3.05, 3.63) is 167 Å². The number of para-hydroxylation sites is 1. The number of aliphatic hydroxyl groups is 3. The number of amides is 5. The molecule has 12 rings (SSSR count). The van der Waals surface area contributed by atoms with Gasteiger partial charge in [-0.25, -0.2) is 24.4 Å². The molecule has 5 aromatic carbocycles. The predicted octanol–water partition coefficient (Wildman–Crippen LogP) is 8.98. The minimum Gasteiger partial charge on any atom is -0.491 e. The van der Waals surface area contributed by atoms with Crippen LogP contribution in [-0.2, 0) is 122 Å². The van der Waals surface area contributed by atoms with Crippen LogP contribution in [0.3, 0.4) is 0 Å². The van der Waals surface area contributed by atoms with Crippen molar-refractivity contribution in [1.82, 2.24) is 34.9 Å². The minimum atomic E-state index is -4.66. The third-order valence-corrected chi connectivity index (χ3v) is 26.0. The summed E-state index contributed by atoms with van der Waals surface area (Å²) in [4.78, 5) is 105. The van der Waals surface area contributed by atoms with Gasteiger partial charge < -0.3 is 112 Å². The summed E-state index contributed by atoms with van der Waals surface area (Å²) in [6.07, 6.45) is -2.76. The average molecular weight is 1990 g/mol. The van der Waals surface area contributed by atoms with Gasteiger partial charge in [0.2, 0.25) is 12.2 Å². The van der Waals surface area contributed by atoms with Crippen molar-refractivity contribution in [3.8, 4) is 33.9 Å². The molecule has 3 aromatic heterocycles. The van der Waals surface area contributed by atoms with Gasteiger partial charge in [-0.15, -0.1) is 0 Å². The molecule has 1 saturated heterocycles. The maximum atomic E-state index is 14.4. The topological polar surface area (TPSA) is 497 Å². The number of unbranched alkanes of at least 4 members (excludes halogenated alkanes) is 1. The first-order chi connectivity index (χ1) is 67.5. The van der Waals surface area contributed by atoms with Crippen LogP contribution in [-0.4, -0.2) is 337 Å². The van der Waals surface area contributed by atoms with Crippen LogP contribution in [0.5, 0.6) is 11.5 Å². The third-order valence-electron chi connectivity index (χ3n) is 24.3. The molecule has 140 heavy (non-hydrogen) atoms. The zero-order valence-corrected chi connectivity index (χ0v) is 81.1. The lowest BCUT2D eigenvalue weighted by Crippen LogP contribution is -2.61. The van der Waals surface area contributed by atoms with E-state index in [-0.39, 0.29) is 73.6 Å². The summed E-state index contributed by atoms with van der Waals surface area (Å²) in [6, 6.07) is 32.3. The van der Waals surface area contributed by atoms with Crippen LogP contribution in [0.15, 0.2) is 134 Å². The summed E-state index contributed by atoms with van der Waals surface area (Å²) in [7, 11) is -3.03. The number of aromatic carboxylic acids is 1. The Balaban J connectivity index is 0.585. The fraction of sp³-hybridized carbons (Fsp3) is 0.535. The van der Waals surface area contributed by atoms with Crippen LogP contribution in [0.25, 0.3) is 43.4 Å². The average Bonchev–Trinajstić information content (AvgIpc) is 0.913. The van der Waals surface area contributed by atoms with Crippen molar-refractivity contribution in [1.29, 1.82) is 0 Å². The second-order valence-corrected chi connectivity index (χ2v) is 38.3. The second-order valence-electron chi connectivity index (χ2n) is 35.7. The second kappa shape index (κ2) is 53.6. The number of carboxylic acid groups (broad SMARTS) is 2. The molecule has 2 aliphatic heterocycles. The SMILES string of the molecule is COCCOCCOCCOCCOCCOCCOCCOCCOCCOCCOCCOc1ccc(CC(C(=O)NCCCCc2ccc(COC(=O)N(CCOC34CC(C)CC(C)(CC(C)(Cn5ncc(-c6ccc(-c7ccc8cccc(C(=O)Nc9nc%10ccccc%10s9)c8c7)nc6C(=O)O)c5C)C3)C4)CCS(=O)(=O)O)c(O[C@@H]3O[C@H](C(=O)O)[C@@H](O)[C@H](O)[C@H]3O)c2)N2C(=O)C=CC2=O)cc1. The number of rotatable bonds is 62. The Kier molecular flexibility index (Phi) is 41.4. The maximum absolute atomic E-state index is 14.4. The monoisotopic (exact) mass is 1990 g/mol. The molecule has 4 aliphatic rings. The van der Waals surface area contributed by atoms with Crippen molar-refractivity contribution >= 4 is 89.2 Å². The van der Waals surface area contributed by atoms with Crippen LogP contribution >= 0.6 is 11.3 Å². The van der Waals surface area contributed by atoms with E-state index in [1.54, 1.807) is 67.9 Å². The van der Waals surface area contributed by atoms with Crippen LogP contribution < -0.4 is 20.1 Å². The van der Waals surface area contributed by atoms with Gasteiger partial charge in [0.25, 0.3) is 27.8 Å². The number of pyridine rings is 1. The van der Waals surface area contributed by atoms with Gasteiger partial charge in [-0.2, -0.15) is 13.5 Å². The number of carbonyl (C=O) groups excluding carboxylic acids is 5. The number of imide groups is 1. The number of carbonyl (C=O) groups is 7. The molecule has 10 atom stereocenters. The lowest BCUT2D eigenvalue weighted by molar-refractivity contribution is -0.271. The molecule has 2 aliphatic carbocycles. The van der Waals surface area contributed by atoms with Crippen molar-refractivity contribution in [2.45, 2.75) is 141 Å². The standard InChI is InChI=1S/C99H128N8O31S2/c1-66-58-97(3)62-98(4,65-106-67(2)77(60-101-106)74-24-25-78(102-85(74)92(115)116)71-21-20-70-12-10-13-75(76(70)57-71)90(113)104-95-103-79-14-6-7-15-82(79)139-95)64-99(59-66,63-97)136-31-29-105(30-54-140(120,121)122)96(119)135-61-72-19-16-68(56-81(72)137-94-88(112)86(110)87(111)89(138-94)93(117)118)11-8-9-28-100-91(114)80(107-83(108)26-27-84(107)109)55-69-17-22-73(23-18-69)134-53-52-133-51-50-132-49-48-131-47-46-130-45-44-129-43-42-128-41-40-127-39-38-126-37-36-125-35-34-124-33-32-123-5/h6-7,10,12-27,56-57,60,66,80,86-89,94,110-112H,8-9,11,28-55,58-59,61-65H2,1-5H3,(H,100,114)(H,115,116)(H,117,118)(H,103,104,113)(H,120,121,122)/t66?,80?,86-,87-,88+,89-,94+,97?,98?,99?/m0/s1. The van der Waals surface area contributed by atoms with Gasteiger partial charge >= 0.3 is 18.0 Å². The van der Waals surface area contributed by atoms with Crippen LogP contribution in [0.2, 0.25) is 0 Å². The molecule has 8 aromatic rings. The Hall–Kier alpha value is -10.5. The van der Waals surface area contributed by atoms with Gasteiger partial charge in [0.05, 0.1) is 179 Å². The number of anilines is 1. The van der Waals surface area contributed by atoms with Gasteiger partial charge in [-0.3, -0.25) is 38.6 Å². The highest BCUT2D eigenvalue weighted by molar-refractivity contribution is 7.85. The minimum absolute atomic E-state index is 0.0252. The zero-order valence-electron chi connectivity index (χ0n) is 79.5. The van der Waals surface area contributed by atoms with Gasteiger partial charge in [0, 0.05) is 85.4 Å². The van der Waals surface area contributed by atoms with Crippen molar-refractivity contribution in [3.63, 3.8) is 0 Å². The molecule has 41 heteroatoms. The normalized spacial score (nSPS) is 20.4. The first-order valence-corrected chi connectivity index (χ1v) is 49.4. The van der Waals surface area contributed by atoms with E-state index in [0.29, 0.717) is 238 Å². The molecule has 3 fully saturated rings. The highest BCUT2D eigenvalue weighted by Crippen LogP contribution is 2.60. The number of aliphatic hydroxyl groups excluding tert-OH is 3. The van der Waals surface area contributed by atoms with Crippen LogP contribution in [0.1, 0.15) is 109 Å². The van der Waals surface area contributed by atoms with Crippen molar-refractivity contribution < 1.29 is 148 Å². The van der Waals surface area contributed by atoms with Crippen LogP contribution in [0.4, 0.5) is 9.93 Å². The number of thiazole rings is 1. The number of aliphatic carboxylic acids is 1. The highest BCUT2D eigenvalue weighted by atomic mass is 32.2. The first-order valence-electron chi connectivity index (χ1n) is 47.0. The number of methoxy groups -OCH3 is 1. The Morgan fingerprint density at radius 1 is 0.643 bits per heavy atom. The van der Waals surface area contributed by atoms with E-state index in [2.05, 4.69) is 36.4 Å². The largest absolute Gasteiger partial charge is 0.491 e. The van der Waals surface area contributed by atoms with Gasteiger partial charge in [-0.05, 0) is 152 Å². The van der Waals surface area contributed by atoms with E-state index in [1.165, 1.54) is 23.5 Å². The molecular weight excluding hydrogens is 1860 g/mol. The van der Waals surface area contributed by atoms with E-state index < -0.39 is 113 Å².